The van der Waals surface area contributed by atoms with Crippen LogP contribution in [-0.2, 0) is 4.79 Å². The van der Waals surface area contributed by atoms with E-state index < -0.39 is 17.5 Å². The van der Waals surface area contributed by atoms with Crippen molar-refractivity contribution in [3.63, 3.8) is 0 Å². The van der Waals surface area contributed by atoms with Gasteiger partial charge >= 0.3 is 5.97 Å². The van der Waals surface area contributed by atoms with Gasteiger partial charge in [0.2, 0.25) is 0 Å². The first kappa shape index (κ1) is 19.7. The summed E-state index contributed by atoms with van der Waals surface area (Å²) in [4.78, 5) is 11.2. The number of aliphatic hydroxyl groups excluding tert-OH is 1. The van der Waals surface area contributed by atoms with Crippen LogP contribution >= 0.6 is 0 Å². The molecule has 2 atom stereocenters. The third-order valence-electron chi connectivity index (χ3n) is 3.68. The molecule has 0 saturated carbocycles. The number of hydrogen-bond donors (Lipinski definition) is 3. The Bertz CT molecular complexity index is 227. The second-order valence-electron chi connectivity index (χ2n) is 5.58. The number of hydrogen-bond acceptors (Lipinski definition) is 3. The average molecular weight is 261 g/mol. The van der Waals surface area contributed by atoms with Crippen LogP contribution in [0.4, 0.5) is 0 Å². The van der Waals surface area contributed by atoms with Crippen molar-refractivity contribution in [1.82, 2.24) is 6.15 Å². The summed E-state index contributed by atoms with van der Waals surface area (Å²) < 4.78 is 0. The molecule has 0 amide bonds. The molecule has 0 fully saturated rings. The SMILES string of the molecule is CCCCCCCC(C(C)O)C(C)(C)C(=O)O.N. The van der Waals surface area contributed by atoms with E-state index in [1.165, 1.54) is 19.3 Å². The normalized spacial score (nSPS) is 14.7. The molecule has 0 aliphatic carbocycles. The maximum Gasteiger partial charge on any atom is 0.309 e. The highest BCUT2D eigenvalue weighted by atomic mass is 16.4. The van der Waals surface area contributed by atoms with Gasteiger partial charge in [0, 0.05) is 5.92 Å². The van der Waals surface area contributed by atoms with E-state index in [4.69, 9.17) is 0 Å². The molecule has 0 radical (unpaired) electrons. The number of aliphatic carboxylic acids is 1. The van der Waals surface area contributed by atoms with Gasteiger partial charge < -0.3 is 16.4 Å². The summed E-state index contributed by atoms with van der Waals surface area (Å²) in [5, 5.41) is 18.9. The van der Waals surface area contributed by atoms with Crippen LogP contribution in [-0.4, -0.2) is 22.3 Å². The van der Waals surface area contributed by atoms with Gasteiger partial charge in [0.25, 0.3) is 0 Å². The Balaban J connectivity index is 0. The highest BCUT2D eigenvalue weighted by molar-refractivity contribution is 5.74. The number of carbonyl (C=O) groups is 1. The van der Waals surface area contributed by atoms with E-state index in [-0.39, 0.29) is 12.1 Å². The fourth-order valence-corrected chi connectivity index (χ4v) is 2.33. The molecule has 0 aromatic carbocycles. The van der Waals surface area contributed by atoms with Gasteiger partial charge in [-0.3, -0.25) is 4.79 Å². The number of rotatable bonds is 9. The first-order valence-electron chi connectivity index (χ1n) is 6.75. The number of carboxylic acid groups (broad SMARTS) is 1. The van der Waals surface area contributed by atoms with Gasteiger partial charge in [0.05, 0.1) is 11.5 Å². The first-order chi connectivity index (χ1) is 7.84. The topological polar surface area (TPSA) is 92.5 Å². The van der Waals surface area contributed by atoms with Crippen molar-refractivity contribution in [3.05, 3.63) is 0 Å². The van der Waals surface area contributed by atoms with Gasteiger partial charge in [-0.05, 0) is 27.2 Å². The Hall–Kier alpha value is -0.610. The Morgan fingerprint density at radius 3 is 2.06 bits per heavy atom. The van der Waals surface area contributed by atoms with Crippen molar-refractivity contribution in [3.8, 4) is 0 Å². The lowest BCUT2D eigenvalue weighted by Gasteiger charge is -2.32. The van der Waals surface area contributed by atoms with Crippen LogP contribution in [0, 0.1) is 11.3 Å². The van der Waals surface area contributed by atoms with E-state index >= 15 is 0 Å². The van der Waals surface area contributed by atoms with Crippen molar-refractivity contribution in [2.24, 2.45) is 11.3 Å². The summed E-state index contributed by atoms with van der Waals surface area (Å²) in [5.74, 6) is -0.987. The number of aliphatic hydroxyl groups is 1. The second-order valence-corrected chi connectivity index (χ2v) is 5.58. The highest BCUT2D eigenvalue weighted by Crippen LogP contribution is 2.34. The van der Waals surface area contributed by atoms with E-state index in [1.54, 1.807) is 20.8 Å². The largest absolute Gasteiger partial charge is 0.481 e. The Morgan fingerprint density at radius 1 is 1.17 bits per heavy atom. The monoisotopic (exact) mass is 261 g/mol. The summed E-state index contributed by atoms with van der Waals surface area (Å²) in [6.45, 7) is 7.28. The molecule has 0 aliphatic heterocycles. The van der Waals surface area contributed by atoms with Gasteiger partial charge in [-0.25, -0.2) is 0 Å². The van der Waals surface area contributed by atoms with E-state index in [9.17, 15) is 15.0 Å². The molecular weight excluding hydrogens is 230 g/mol. The molecule has 4 nitrogen and oxygen atoms in total. The summed E-state index contributed by atoms with van der Waals surface area (Å²) in [6.07, 6.45) is 6.02. The van der Waals surface area contributed by atoms with Crippen LogP contribution < -0.4 is 6.15 Å². The van der Waals surface area contributed by atoms with Crippen molar-refractivity contribution in [1.29, 1.82) is 0 Å². The van der Waals surface area contributed by atoms with E-state index in [0.29, 0.717) is 0 Å². The van der Waals surface area contributed by atoms with E-state index in [0.717, 1.165) is 19.3 Å². The lowest BCUT2D eigenvalue weighted by atomic mass is 9.73. The molecular formula is C14H31NO3. The van der Waals surface area contributed by atoms with Crippen molar-refractivity contribution in [2.45, 2.75) is 72.3 Å². The molecule has 0 aromatic rings. The summed E-state index contributed by atoms with van der Waals surface area (Å²) in [5.41, 5.74) is -0.848. The molecule has 0 saturated heterocycles. The van der Waals surface area contributed by atoms with Crippen LogP contribution in [0.1, 0.15) is 66.2 Å². The molecule has 0 spiro atoms. The third-order valence-corrected chi connectivity index (χ3v) is 3.68. The van der Waals surface area contributed by atoms with Gasteiger partial charge in [-0.15, -0.1) is 0 Å². The third kappa shape index (κ3) is 6.36. The minimum Gasteiger partial charge on any atom is -0.481 e. The van der Waals surface area contributed by atoms with E-state index in [1.807, 2.05) is 0 Å². The van der Waals surface area contributed by atoms with Gasteiger partial charge in [0.1, 0.15) is 0 Å². The summed E-state index contributed by atoms with van der Waals surface area (Å²) >= 11 is 0. The molecule has 0 heterocycles. The molecule has 0 aliphatic rings. The zero-order valence-corrected chi connectivity index (χ0v) is 12.4. The zero-order valence-electron chi connectivity index (χ0n) is 12.4. The minimum absolute atomic E-state index is 0. The predicted octanol–water partition coefficient (Wildman–Crippen LogP) is 3.62. The Morgan fingerprint density at radius 2 is 1.67 bits per heavy atom. The summed E-state index contributed by atoms with van der Waals surface area (Å²) in [7, 11) is 0. The molecule has 18 heavy (non-hydrogen) atoms. The molecule has 5 N–H and O–H groups in total. The van der Waals surface area contributed by atoms with Crippen molar-refractivity contribution < 1.29 is 15.0 Å². The van der Waals surface area contributed by atoms with E-state index in [2.05, 4.69) is 6.92 Å². The maximum atomic E-state index is 11.2. The lowest BCUT2D eigenvalue weighted by Crippen LogP contribution is -2.38. The quantitative estimate of drug-likeness (QED) is 0.553. The molecule has 0 rings (SSSR count). The molecule has 4 heteroatoms. The molecule has 110 valence electrons. The molecule has 2 unspecified atom stereocenters. The maximum absolute atomic E-state index is 11.2. The van der Waals surface area contributed by atoms with Crippen LogP contribution in [0.3, 0.4) is 0 Å². The van der Waals surface area contributed by atoms with Crippen LogP contribution in [0.2, 0.25) is 0 Å². The second kappa shape index (κ2) is 9.34. The van der Waals surface area contributed by atoms with Crippen LogP contribution in [0.15, 0.2) is 0 Å². The highest BCUT2D eigenvalue weighted by Gasteiger charge is 2.38. The van der Waals surface area contributed by atoms with Crippen molar-refractivity contribution >= 4 is 5.97 Å². The fourth-order valence-electron chi connectivity index (χ4n) is 2.33. The van der Waals surface area contributed by atoms with Gasteiger partial charge in [-0.2, -0.15) is 0 Å². The standard InChI is InChI=1S/C14H28O3.H3N/c1-5-6-7-8-9-10-12(11(2)15)14(3,4)13(16)17;/h11-12,15H,5-10H2,1-4H3,(H,16,17);1H3. The van der Waals surface area contributed by atoms with Gasteiger partial charge in [0.15, 0.2) is 0 Å². The lowest BCUT2D eigenvalue weighted by molar-refractivity contribution is -0.153. The van der Waals surface area contributed by atoms with Crippen LogP contribution in [0.25, 0.3) is 0 Å². The Labute approximate surface area is 111 Å². The average Bonchev–Trinajstić information content (AvgIpc) is 2.22. The Kier molecular flexibility index (Phi) is 10.2. The molecule has 0 aromatic heterocycles. The fraction of sp³-hybridized carbons (Fsp3) is 0.929. The van der Waals surface area contributed by atoms with Crippen molar-refractivity contribution in [2.75, 3.05) is 0 Å². The molecule has 0 bridgehead atoms. The number of carboxylic acids is 1. The number of unbranched alkanes of at least 4 members (excludes halogenated alkanes) is 4. The van der Waals surface area contributed by atoms with Crippen LogP contribution in [0.5, 0.6) is 0 Å². The minimum atomic E-state index is -0.848. The summed E-state index contributed by atoms with van der Waals surface area (Å²) in [6, 6.07) is 0. The van der Waals surface area contributed by atoms with Gasteiger partial charge in [-0.1, -0.05) is 39.0 Å². The first-order valence-corrected chi connectivity index (χ1v) is 6.75. The predicted molar refractivity (Wildman–Crippen MR) is 75.0 cm³/mol. The smallest absolute Gasteiger partial charge is 0.309 e. The zero-order chi connectivity index (χ0) is 13.5.